The van der Waals surface area contributed by atoms with Gasteiger partial charge in [0.15, 0.2) is 0 Å². The van der Waals surface area contributed by atoms with E-state index in [2.05, 4.69) is 27.8 Å². The average molecular weight is 324 g/mol. The number of benzene rings is 1. The molecule has 2 rings (SSSR count). The van der Waals surface area contributed by atoms with Crippen LogP contribution in [0.3, 0.4) is 0 Å². The first-order valence-electron chi connectivity index (χ1n) is 6.04. The van der Waals surface area contributed by atoms with Crippen molar-refractivity contribution in [3.63, 3.8) is 0 Å². The van der Waals surface area contributed by atoms with Crippen LogP contribution in [0, 0.1) is 10.1 Å². The number of hydrogen-bond donors (Lipinski definition) is 0. The highest BCUT2D eigenvalue weighted by Gasteiger charge is 2.13. The minimum atomic E-state index is -0.381. The van der Waals surface area contributed by atoms with Gasteiger partial charge < -0.3 is 4.57 Å². The Morgan fingerprint density at radius 1 is 1.47 bits per heavy atom. The normalized spacial score (nSPS) is 10.6. The number of aryl methyl sites for hydroxylation is 1. The van der Waals surface area contributed by atoms with E-state index in [0.717, 1.165) is 24.2 Å². The molecular weight excluding hydrogens is 310 g/mol. The maximum atomic E-state index is 10.9. The summed E-state index contributed by atoms with van der Waals surface area (Å²) < 4.78 is 2.52. The Bertz CT molecular complexity index is 595. The molecule has 0 aliphatic carbocycles. The lowest BCUT2D eigenvalue weighted by Gasteiger charge is -2.07. The molecule has 5 nitrogen and oxygen atoms in total. The number of rotatable bonds is 5. The van der Waals surface area contributed by atoms with Crippen molar-refractivity contribution in [1.82, 2.24) is 9.55 Å². The molecular formula is C13H14BrN3O2. The molecule has 1 aromatic carbocycles. The molecule has 0 N–H and O–H groups in total. The Hall–Kier alpha value is -1.69. The number of nitro benzene ring substituents is 1. The first-order chi connectivity index (χ1) is 9.11. The second-order valence-electron chi connectivity index (χ2n) is 4.26. The molecule has 0 spiro atoms. The summed E-state index contributed by atoms with van der Waals surface area (Å²) in [5.41, 5.74) is 0.986. The summed E-state index contributed by atoms with van der Waals surface area (Å²) in [5.74, 6) is 1.01. The molecule has 0 bridgehead atoms. The van der Waals surface area contributed by atoms with Gasteiger partial charge in [0.1, 0.15) is 5.82 Å². The zero-order chi connectivity index (χ0) is 13.8. The number of nitrogens with zero attached hydrogens (tertiary/aromatic N) is 3. The lowest BCUT2D eigenvalue weighted by Crippen LogP contribution is -2.04. The smallest absolute Gasteiger partial charge is 0.283 e. The van der Waals surface area contributed by atoms with Crippen LogP contribution in [0.2, 0.25) is 0 Å². The highest BCUT2D eigenvalue weighted by molar-refractivity contribution is 9.10. The maximum absolute atomic E-state index is 10.9. The fourth-order valence-electron chi connectivity index (χ4n) is 1.93. The van der Waals surface area contributed by atoms with Crippen molar-refractivity contribution in [1.29, 1.82) is 0 Å². The van der Waals surface area contributed by atoms with Crippen LogP contribution in [0.4, 0.5) is 5.69 Å². The molecule has 0 fully saturated rings. The van der Waals surface area contributed by atoms with E-state index in [9.17, 15) is 10.1 Å². The molecule has 2 aromatic rings. The Labute approximate surface area is 119 Å². The van der Waals surface area contributed by atoms with Gasteiger partial charge in [0.2, 0.25) is 0 Å². The molecule has 0 atom stereocenters. The molecule has 0 unspecified atom stereocenters. The van der Waals surface area contributed by atoms with Crippen molar-refractivity contribution >= 4 is 21.6 Å². The zero-order valence-electron chi connectivity index (χ0n) is 10.5. The van der Waals surface area contributed by atoms with Crippen molar-refractivity contribution in [2.24, 2.45) is 0 Å². The van der Waals surface area contributed by atoms with Crippen LogP contribution in [0.15, 0.2) is 35.1 Å². The Kier molecular flexibility index (Phi) is 4.31. The van der Waals surface area contributed by atoms with Gasteiger partial charge >= 0.3 is 0 Å². The quantitative estimate of drug-likeness (QED) is 0.624. The third kappa shape index (κ3) is 3.20. The summed E-state index contributed by atoms with van der Waals surface area (Å²) in [5, 5.41) is 10.9. The fourth-order valence-corrected chi connectivity index (χ4v) is 2.32. The molecule has 0 amide bonds. The first-order valence-corrected chi connectivity index (χ1v) is 6.84. The van der Waals surface area contributed by atoms with Crippen molar-refractivity contribution in [2.75, 3.05) is 0 Å². The van der Waals surface area contributed by atoms with Crippen molar-refractivity contribution in [2.45, 2.75) is 26.3 Å². The summed E-state index contributed by atoms with van der Waals surface area (Å²) in [6.07, 6.45) is 5.60. The molecule has 0 aliphatic rings. The molecule has 100 valence electrons. The molecule has 0 saturated heterocycles. The average Bonchev–Trinajstić information content (AvgIpc) is 2.79. The topological polar surface area (TPSA) is 61.0 Å². The number of aromatic nitrogens is 2. The molecule has 0 saturated carbocycles. The summed E-state index contributed by atoms with van der Waals surface area (Å²) >= 11 is 3.19. The van der Waals surface area contributed by atoms with Crippen molar-refractivity contribution in [3.05, 3.63) is 56.6 Å². The molecule has 0 aliphatic heterocycles. The second-order valence-corrected chi connectivity index (χ2v) is 5.12. The van der Waals surface area contributed by atoms with Crippen LogP contribution in [-0.2, 0) is 13.0 Å². The molecule has 1 aromatic heterocycles. The lowest BCUT2D eigenvalue weighted by molar-refractivity contribution is -0.385. The van der Waals surface area contributed by atoms with Gasteiger partial charge in [-0.05, 0) is 34.0 Å². The van der Waals surface area contributed by atoms with Gasteiger partial charge in [-0.1, -0.05) is 13.0 Å². The monoisotopic (exact) mass is 323 g/mol. The van der Waals surface area contributed by atoms with Crippen LogP contribution in [-0.4, -0.2) is 14.5 Å². The largest absolute Gasteiger partial charge is 0.331 e. The highest BCUT2D eigenvalue weighted by atomic mass is 79.9. The van der Waals surface area contributed by atoms with E-state index >= 15 is 0 Å². The predicted octanol–water partition coefficient (Wildman–Crippen LogP) is 3.55. The summed E-state index contributed by atoms with van der Waals surface area (Å²) in [6.45, 7) is 2.70. The number of halogens is 1. The Morgan fingerprint density at radius 2 is 2.26 bits per heavy atom. The van der Waals surface area contributed by atoms with E-state index < -0.39 is 0 Å². The molecule has 19 heavy (non-hydrogen) atoms. The van der Waals surface area contributed by atoms with E-state index in [0.29, 0.717) is 11.0 Å². The van der Waals surface area contributed by atoms with Crippen molar-refractivity contribution < 1.29 is 4.92 Å². The van der Waals surface area contributed by atoms with Gasteiger partial charge in [-0.25, -0.2) is 4.98 Å². The molecule has 0 radical (unpaired) electrons. The zero-order valence-corrected chi connectivity index (χ0v) is 12.1. The van der Waals surface area contributed by atoms with Gasteiger partial charge in [0.25, 0.3) is 5.69 Å². The van der Waals surface area contributed by atoms with Gasteiger partial charge in [0, 0.05) is 31.4 Å². The van der Waals surface area contributed by atoms with Gasteiger partial charge in [0.05, 0.1) is 9.40 Å². The summed E-state index contributed by atoms with van der Waals surface area (Å²) in [7, 11) is 0. The number of hydrogen-bond acceptors (Lipinski definition) is 3. The van der Waals surface area contributed by atoms with Crippen molar-refractivity contribution in [3.8, 4) is 0 Å². The third-order valence-corrected chi connectivity index (χ3v) is 3.51. The lowest BCUT2D eigenvalue weighted by atomic mass is 10.2. The minimum Gasteiger partial charge on any atom is -0.331 e. The maximum Gasteiger partial charge on any atom is 0.283 e. The number of nitro groups is 1. The van der Waals surface area contributed by atoms with Crippen LogP contribution < -0.4 is 0 Å². The van der Waals surface area contributed by atoms with Gasteiger partial charge in [-0.3, -0.25) is 10.1 Å². The highest BCUT2D eigenvalue weighted by Crippen LogP contribution is 2.26. The van der Waals surface area contributed by atoms with Gasteiger partial charge in [-0.2, -0.15) is 0 Å². The number of imidazole rings is 1. The standard InChI is InChI=1S/C13H14BrN3O2/c1-2-3-13-15-6-7-16(13)9-10-4-5-11(14)12(8-10)17(18)19/h4-8H,2-3,9H2,1H3. The Morgan fingerprint density at radius 3 is 2.95 bits per heavy atom. The Balaban J connectivity index is 2.26. The SMILES string of the molecule is CCCc1nccn1Cc1ccc(Br)c([N+](=O)[O-])c1. The fraction of sp³-hybridized carbons (Fsp3) is 0.308. The first kappa shape index (κ1) is 13.7. The minimum absolute atomic E-state index is 0.0923. The molecule has 1 heterocycles. The van der Waals surface area contributed by atoms with Crippen LogP contribution in [0.25, 0.3) is 0 Å². The van der Waals surface area contributed by atoms with E-state index in [1.165, 1.54) is 0 Å². The van der Waals surface area contributed by atoms with Crippen LogP contribution in [0.5, 0.6) is 0 Å². The third-order valence-electron chi connectivity index (χ3n) is 2.84. The van der Waals surface area contributed by atoms with Crippen LogP contribution >= 0.6 is 15.9 Å². The summed E-state index contributed by atoms with van der Waals surface area (Å²) in [4.78, 5) is 14.8. The van der Waals surface area contributed by atoms with E-state index in [1.807, 2.05) is 16.8 Å². The second kappa shape index (κ2) is 5.97. The van der Waals surface area contributed by atoms with E-state index in [-0.39, 0.29) is 10.6 Å². The van der Waals surface area contributed by atoms with Gasteiger partial charge in [-0.15, -0.1) is 0 Å². The molecule has 6 heteroatoms. The van der Waals surface area contributed by atoms with Crippen LogP contribution in [0.1, 0.15) is 24.7 Å². The van der Waals surface area contributed by atoms with E-state index in [1.54, 1.807) is 18.3 Å². The predicted molar refractivity (Wildman–Crippen MR) is 76.1 cm³/mol. The van der Waals surface area contributed by atoms with E-state index in [4.69, 9.17) is 0 Å². The summed E-state index contributed by atoms with van der Waals surface area (Å²) in [6, 6.07) is 5.19.